The third-order valence-corrected chi connectivity index (χ3v) is 2.62. The highest BCUT2D eigenvalue weighted by atomic mass is 19.1. The van der Waals surface area contributed by atoms with Gasteiger partial charge in [-0.05, 0) is 45.0 Å². The molecule has 1 aromatic carbocycles. The van der Waals surface area contributed by atoms with Crippen LogP contribution < -0.4 is 15.4 Å². The van der Waals surface area contributed by atoms with Crippen molar-refractivity contribution in [2.75, 3.05) is 6.54 Å². The lowest BCUT2D eigenvalue weighted by atomic mass is 10.2. The molecule has 0 radical (unpaired) electrons. The summed E-state index contributed by atoms with van der Waals surface area (Å²) >= 11 is 0. The number of amides is 1. The van der Waals surface area contributed by atoms with Crippen LogP contribution in [0.1, 0.15) is 33.3 Å². The minimum atomic E-state index is -0.661. The van der Waals surface area contributed by atoms with E-state index < -0.39 is 6.10 Å². The first-order valence-corrected chi connectivity index (χ1v) is 6.89. The molecule has 5 heteroatoms. The molecule has 1 unspecified atom stereocenters. The van der Waals surface area contributed by atoms with Gasteiger partial charge < -0.3 is 15.4 Å². The van der Waals surface area contributed by atoms with Crippen LogP contribution in [0.4, 0.5) is 4.39 Å². The Labute approximate surface area is 119 Å². The molecule has 0 spiro atoms. The summed E-state index contributed by atoms with van der Waals surface area (Å²) in [5.41, 5.74) is 0.790. The van der Waals surface area contributed by atoms with Gasteiger partial charge >= 0.3 is 0 Å². The molecular formula is C15H23FN2O2. The first kappa shape index (κ1) is 16.4. The first-order valence-electron chi connectivity index (χ1n) is 6.89. The summed E-state index contributed by atoms with van der Waals surface area (Å²) in [6.07, 6.45) is -0.661. The molecule has 20 heavy (non-hydrogen) atoms. The van der Waals surface area contributed by atoms with Crippen molar-refractivity contribution in [3.8, 4) is 5.75 Å². The van der Waals surface area contributed by atoms with E-state index in [0.29, 0.717) is 12.3 Å². The highest BCUT2D eigenvalue weighted by Crippen LogP contribution is 2.18. The van der Waals surface area contributed by atoms with Crippen molar-refractivity contribution < 1.29 is 13.9 Å². The summed E-state index contributed by atoms with van der Waals surface area (Å²) in [6, 6.07) is 4.53. The fraction of sp³-hybridized carbons (Fsp3) is 0.533. The van der Waals surface area contributed by atoms with Gasteiger partial charge in [0.15, 0.2) is 6.10 Å². The van der Waals surface area contributed by atoms with E-state index in [0.717, 1.165) is 12.1 Å². The lowest BCUT2D eigenvalue weighted by Crippen LogP contribution is -2.40. The number of benzene rings is 1. The minimum Gasteiger partial charge on any atom is -0.481 e. The van der Waals surface area contributed by atoms with E-state index in [-0.39, 0.29) is 17.8 Å². The van der Waals surface area contributed by atoms with Gasteiger partial charge in [0.2, 0.25) is 0 Å². The summed E-state index contributed by atoms with van der Waals surface area (Å²) in [5.74, 6) is -0.214. The van der Waals surface area contributed by atoms with Crippen LogP contribution in [0, 0.1) is 5.82 Å². The number of carbonyl (C=O) groups is 1. The molecular weight excluding hydrogens is 259 g/mol. The van der Waals surface area contributed by atoms with Crippen LogP contribution in [-0.4, -0.2) is 24.6 Å². The molecule has 1 amide bonds. The standard InChI is InChI=1S/C15H23FN2O2/c1-5-17-9-12-6-13(16)8-14(7-12)20-11(4)15(19)18-10(2)3/h6-8,10-11,17H,5,9H2,1-4H3,(H,18,19). The number of ether oxygens (including phenoxy) is 1. The third-order valence-electron chi connectivity index (χ3n) is 2.62. The molecule has 2 N–H and O–H groups in total. The quantitative estimate of drug-likeness (QED) is 0.806. The van der Waals surface area contributed by atoms with Crippen LogP contribution in [0.2, 0.25) is 0 Å². The molecule has 0 saturated carbocycles. The van der Waals surface area contributed by atoms with Gasteiger partial charge in [-0.3, -0.25) is 4.79 Å². The van der Waals surface area contributed by atoms with Crippen molar-refractivity contribution in [1.82, 2.24) is 10.6 Å². The molecule has 0 aliphatic carbocycles. The summed E-state index contributed by atoms with van der Waals surface area (Å²) < 4.78 is 19.0. The van der Waals surface area contributed by atoms with Crippen molar-refractivity contribution in [3.05, 3.63) is 29.6 Å². The Morgan fingerprint density at radius 1 is 1.30 bits per heavy atom. The number of halogens is 1. The summed E-state index contributed by atoms with van der Waals surface area (Å²) in [5, 5.41) is 5.88. The van der Waals surface area contributed by atoms with Crippen molar-refractivity contribution in [2.45, 2.75) is 46.4 Å². The molecule has 1 aromatic rings. The normalized spacial score (nSPS) is 12.3. The zero-order valence-corrected chi connectivity index (χ0v) is 12.5. The average molecular weight is 282 g/mol. The Balaban J connectivity index is 2.71. The Morgan fingerprint density at radius 3 is 2.60 bits per heavy atom. The Morgan fingerprint density at radius 2 is 2.00 bits per heavy atom. The zero-order chi connectivity index (χ0) is 15.1. The Bertz CT molecular complexity index is 449. The van der Waals surface area contributed by atoms with Crippen LogP contribution in [0.25, 0.3) is 0 Å². The molecule has 0 bridgehead atoms. The molecule has 0 heterocycles. The topological polar surface area (TPSA) is 50.4 Å². The summed E-state index contributed by atoms with van der Waals surface area (Å²) in [7, 11) is 0. The number of carbonyl (C=O) groups excluding carboxylic acids is 1. The van der Waals surface area contributed by atoms with Gasteiger partial charge in [-0.2, -0.15) is 0 Å². The highest BCUT2D eigenvalue weighted by Gasteiger charge is 2.16. The fourth-order valence-electron chi connectivity index (χ4n) is 1.72. The van der Waals surface area contributed by atoms with Gasteiger partial charge in [-0.15, -0.1) is 0 Å². The van der Waals surface area contributed by atoms with Crippen LogP contribution >= 0.6 is 0 Å². The van der Waals surface area contributed by atoms with Crippen LogP contribution in [0.15, 0.2) is 18.2 Å². The number of hydrogen-bond donors (Lipinski definition) is 2. The molecule has 0 aliphatic heterocycles. The lowest BCUT2D eigenvalue weighted by molar-refractivity contribution is -0.127. The summed E-state index contributed by atoms with van der Waals surface area (Å²) in [6.45, 7) is 8.75. The summed E-state index contributed by atoms with van der Waals surface area (Å²) in [4.78, 5) is 11.8. The maximum atomic E-state index is 13.5. The van der Waals surface area contributed by atoms with E-state index in [1.807, 2.05) is 20.8 Å². The second-order valence-corrected chi connectivity index (χ2v) is 5.00. The Kier molecular flexibility index (Phi) is 6.45. The average Bonchev–Trinajstić information content (AvgIpc) is 2.34. The maximum absolute atomic E-state index is 13.5. The van der Waals surface area contributed by atoms with Gasteiger partial charge in [0.25, 0.3) is 5.91 Å². The van der Waals surface area contributed by atoms with Crippen LogP contribution in [-0.2, 0) is 11.3 Å². The van der Waals surface area contributed by atoms with Crippen molar-refractivity contribution in [2.24, 2.45) is 0 Å². The molecule has 0 aromatic heterocycles. The predicted octanol–water partition coefficient (Wildman–Crippen LogP) is 2.23. The fourth-order valence-corrected chi connectivity index (χ4v) is 1.72. The number of nitrogens with one attached hydrogen (secondary N) is 2. The SMILES string of the molecule is CCNCc1cc(F)cc(OC(C)C(=O)NC(C)C)c1. The van der Waals surface area contributed by atoms with Gasteiger partial charge in [-0.1, -0.05) is 6.92 Å². The van der Waals surface area contributed by atoms with Gasteiger partial charge in [-0.25, -0.2) is 4.39 Å². The van der Waals surface area contributed by atoms with E-state index >= 15 is 0 Å². The predicted molar refractivity (Wildman–Crippen MR) is 77.1 cm³/mol. The number of hydrogen-bond acceptors (Lipinski definition) is 3. The minimum absolute atomic E-state index is 0.0466. The van der Waals surface area contributed by atoms with Crippen molar-refractivity contribution >= 4 is 5.91 Å². The Hall–Kier alpha value is -1.62. The van der Waals surface area contributed by atoms with E-state index in [4.69, 9.17) is 4.74 Å². The van der Waals surface area contributed by atoms with E-state index in [1.165, 1.54) is 12.1 Å². The van der Waals surface area contributed by atoms with E-state index in [2.05, 4.69) is 10.6 Å². The largest absolute Gasteiger partial charge is 0.481 e. The smallest absolute Gasteiger partial charge is 0.260 e. The van der Waals surface area contributed by atoms with E-state index in [1.54, 1.807) is 13.0 Å². The first-order chi connectivity index (χ1) is 9.42. The van der Waals surface area contributed by atoms with Crippen LogP contribution in [0.3, 0.4) is 0 Å². The second kappa shape index (κ2) is 7.85. The molecule has 0 fully saturated rings. The lowest BCUT2D eigenvalue weighted by Gasteiger charge is -2.17. The van der Waals surface area contributed by atoms with Crippen molar-refractivity contribution in [1.29, 1.82) is 0 Å². The van der Waals surface area contributed by atoms with Crippen LogP contribution in [0.5, 0.6) is 5.75 Å². The highest BCUT2D eigenvalue weighted by molar-refractivity contribution is 5.80. The van der Waals surface area contributed by atoms with Gasteiger partial charge in [0, 0.05) is 18.7 Å². The molecule has 1 atom stereocenters. The molecule has 112 valence electrons. The third kappa shape index (κ3) is 5.57. The maximum Gasteiger partial charge on any atom is 0.260 e. The van der Waals surface area contributed by atoms with E-state index in [9.17, 15) is 9.18 Å². The van der Waals surface area contributed by atoms with Gasteiger partial charge in [0.05, 0.1) is 0 Å². The van der Waals surface area contributed by atoms with Gasteiger partial charge in [0.1, 0.15) is 11.6 Å². The molecule has 1 rings (SSSR count). The zero-order valence-electron chi connectivity index (χ0n) is 12.5. The molecule has 0 saturated heterocycles. The second-order valence-electron chi connectivity index (χ2n) is 5.00. The monoisotopic (exact) mass is 282 g/mol. The number of rotatable bonds is 7. The van der Waals surface area contributed by atoms with Crippen molar-refractivity contribution in [3.63, 3.8) is 0 Å². The molecule has 4 nitrogen and oxygen atoms in total. The molecule has 0 aliphatic rings.